The average Bonchev–Trinajstić information content (AvgIpc) is 2.42. The summed E-state index contributed by atoms with van der Waals surface area (Å²) in [6, 6.07) is 4.89. The SMILES string of the molecule is Cc1ccc(Oc2ncc(F)cc2C(=O)O)c([N+](=O)[O-])c1. The zero-order valence-electron chi connectivity index (χ0n) is 10.7. The summed E-state index contributed by atoms with van der Waals surface area (Å²) >= 11 is 0. The number of nitro benzene ring substituents is 1. The van der Waals surface area contributed by atoms with Crippen LogP contribution in [0.5, 0.6) is 11.6 Å². The van der Waals surface area contributed by atoms with Gasteiger partial charge in [-0.2, -0.15) is 0 Å². The van der Waals surface area contributed by atoms with Gasteiger partial charge in [0.25, 0.3) is 0 Å². The van der Waals surface area contributed by atoms with Crippen LogP contribution in [-0.2, 0) is 0 Å². The number of aromatic nitrogens is 1. The molecule has 2 rings (SSSR count). The second-order valence-electron chi connectivity index (χ2n) is 4.14. The zero-order chi connectivity index (χ0) is 15.6. The van der Waals surface area contributed by atoms with E-state index in [4.69, 9.17) is 9.84 Å². The van der Waals surface area contributed by atoms with Crippen molar-refractivity contribution in [2.24, 2.45) is 0 Å². The number of carboxylic acid groups (broad SMARTS) is 1. The first-order chi connectivity index (χ1) is 9.88. The van der Waals surface area contributed by atoms with E-state index in [0.29, 0.717) is 5.56 Å². The highest BCUT2D eigenvalue weighted by Crippen LogP contribution is 2.32. The Kier molecular flexibility index (Phi) is 3.79. The Balaban J connectivity index is 2.48. The number of aryl methyl sites for hydroxylation is 1. The fraction of sp³-hybridized carbons (Fsp3) is 0.0769. The van der Waals surface area contributed by atoms with Gasteiger partial charge in [0.05, 0.1) is 11.1 Å². The van der Waals surface area contributed by atoms with Crippen molar-refractivity contribution >= 4 is 11.7 Å². The van der Waals surface area contributed by atoms with Crippen molar-refractivity contribution in [1.82, 2.24) is 4.98 Å². The third-order valence-electron chi connectivity index (χ3n) is 2.57. The Morgan fingerprint density at radius 1 is 1.43 bits per heavy atom. The normalized spacial score (nSPS) is 10.2. The molecule has 0 aliphatic rings. The molecule has 8 heteroatoms. The number of carboxylic acids is 1. The molecular formula is C13H9FN2O5. The van der Waals surface area contributed by atoms with E-state index in [2.05, 4.69) is 4.98 Å². The number of aromatic carboxylic acids is 1. The van der Waals surface area contributed by atoms with Crippen LogP contribution in [0.4, 0.5) is 10.1 Å². The molecule has 0 radical (unpaired) electrons. The van der Waals surface area contributed by atoms with Gasteiger partial charge in [-0.15, -0.1) is 0 Å². The molecule has 0 aliphatic heterocycles. The van der Waals surface area contributed by atoms with Crippen LogP contribution in [0, 0.1) is 22.9 Å². The lowest BCUT2D eigenvalue weighted by molar-refractivity contribution is -0.385. The van der Waals surface area contributed by atoms with Crippen molar-refractivity contribution in [3.8, 4) is 11.6 Å². The van der Waals surface area contributed by atoms with Crippen LogP contribution in [0.1, 0.15) is 15.9 Å². The topological polar surface area (TPSA) is 103 Å². The molecule has 0 fully saturated rings. The predicted molar refractivity (Wildman–Crippen MR) is 69.1 cm³/mol. The van der Waals surface area contributed by atoms with Crippen LogP contribution in [0.2, 0.25) is 0 Å². The third-order valence-corrected chi connectivity index (χ3v) is 2.57. The number of halogens is 1. The number of hydrogen-bond acceptors (Lipinski definition) is 5. The van der Waals surface area contributed by atoms with Crippen molar-refractivity contribution in [2.75, 3.05) is 0 Å². The van der Waals surface area contributed by atoms with Crippen LogP contribution in [-0.4, -0.2) is 21.0 Å². The standard InChI is InChI=1S/C13H9FN2O5/c1-7-2-3-11(10(4-7)16(19)20)21-12-9(13(17)18)5-8(14)6-15-12/h2-6H,1H3,(H,17,18). The molecule has 0 atom stereocenters. The van der Waals surface area contributed by atoms with E-state index < -0.39 is 28.2 Å². The largest absolute Gasteiger partial charge is 0.477 e. The molecule has 0 amide bonds. The minimum absolute atomic E-state index is 0.174. The summed E-state index contributed by atoms with van der Waals surface area (Å²) in [5.74, 6) is -2.90. The number of hydrogen-bond donors (Lipinski definition) is 1. The molecule has 0 aliphatic carbocycles. The van der Waals surface area contributed by atoms with Crippen molar-refractivity contribution in [3.63, 3.8) is 0 Å². The number of pyridine rings is 1. The van der Waals surface area contributed by atoms with E-state index in [1.807, 2.05) is 0 Å². The molecular weight excluding hydrogens is 283 g/mol. The summed E-state index contributed by atoms with van der Waals surface area (Å²) in [4.78, 5) is 24.8. The highest BCUT2D eigenvalue weighted by atomic mass is 19.1. The molecule has 0 bridgehead atoms. The molecule has 0 unspecified atom stereocenters. The Hall–Kier alpha value is -3.03. The summed E-state index contributed by atoms with van der Waals surface area (Å²) < 4.78 is 18.2. The molecule has 108 valence electrons. The number of nitrogens with zero attached hydrogens (tertiary/aromatic N) is 2. The van der Waals surface area contributed by atoms with E-state index in [1.54, 1.807) is 13.0 Å². The van der Waals surface area contributed by atoms with Crippen LogP contribution in [0.25, 0.3) is 0 Å². The van der Waals surface area contributed by atoms with Gasteiger partial charge in [-0.1, -0.05) is 6.07 Å². The van der Waals surface area contributed by atoms with Crippen LogP contribution >= 0.6 is 0 Å². The van der Waals surface area contributed by atoms with Crippen LogP contribution < -0.4 is 4.74 Å². The molecule has 1 aromatic heterocycles. The van der Waals surface area contributed by atoms with Gasteiger partial charge in [0, 0.05) is 6.07 Å². The summed E-state index contributed by atoms with van der Waals surface area (Å²) in [6.45, 7) is 1.66. The van der Waals surface area contributed by atoms with E-state index in [-0.39, 0.29) is 11.4 Å². The predicted octanol–water partition coefficient (Wildman–Crippen LogP) is 2.93. The first-order valence-electron chi connectivity index (χ1n) is 5.70. The Morgan fingerprint density at radius 2 is 2.14 bits per heavy atom. The van der Waals surface area contributed by atoms with E-state index >= 15 is 0 Å². The summed E-state index contributed by atoms with van der Waals surface area (Å²) in [6.07, 6.45) is 0.766. The molecule has 7 nitrogen and oxygen atoms in total. The second kappa shape index (κ2) is 5.53. The number of ether oxygens (including phenoxy) is 1. The average molecular weight is 292 g/mol. The molecule has 0 saturated carbocycles. The molecule has 0 spiro atoms. The minimum atomic E-state index is -1.45. The molecule has 1 heterocycles. The third kappa shape index (κ3) is 3.11. The van der Waals surface area contributed by atoms with Gasteiger partial charge < -0.3 is 9.84 Å². The minimum Gasteiger partial charge on any atom is -0.477 e. The van der Waals surface area contributed by atoms with Gasteiger partial charge in [0.2, 0.25) is 11.6 Å². The Morgan fingerprint density at radius 3 is 2.76 bits per heavy atom. The summed E-state index contributed by atoms with van der Waals surface area (Å²) in [7, 11) is 0. The molecule has 21 heavy (non-hydrogen) atoms. The summed E-state index contributed by atoms with van der Waals surface area (Å²) in [5.41, 5.74) is -0.220. The maximum absolute atomic E-state index is 13.0. The smallest absolute Gasteiger partial charge is 0.341 e. The van der Waals surface area contributed by atoms with Gasteiger partial charge in [0.1, 0.15) is 11.4 Å². The molecule has 1 aromatic carbocycles. The van der Waals surface area contributed by atoms with Crippen molar-refractivity contribution in [1.29, 1.82) is 0 Å². The van der Waals surface area contributed by atoms with Gasteiger partial charge in [-0.3, -0.25) is 10.1 Å². The van der Waals surface area contributed by atoms with Gasteiger partial charge in [0.15, 0.2) is 0 Å². The van der Waals surface area contributed by atoms with E-state index in [9.17, 15) is 19.3 Å². The second-order valence-corrected chi connectivity index (χ2v) is 4.14. The van der Waals surface area contributed by atoms with E-state index in [1.165, 1.54) is 12.1 Å². The maximum Gasteiger partial charge on any atom is 0.341 e. The first kappa shape index (κ1) is 14.4. The highest BCUT2D eigenvalue weighted by Gasteiger charge is 2.20. The Labute approximate surface area is 117 Å². The number of benzene rings is 1. The quantitative estimate of drug-likeness (QED) is 0.686. The molecule has 0 saturated heterocycles. The van der Waals surface area contributed by atoms with Crippen LogP contribution in [0.15, 0.2) is 30.5 Å². The first-order valence-corrected chi connectivity index (χ1v) is 5.70. The summed E-state index contributed by atoms with van der Waals surface area (Å²) in [5, 5.41) is 19.9. The maximum atomic E-state index is 13.0. The number of carbonyl (C=O) groups is 1. The lowest BCUT2D eigenvalue weighted by atomic mass is 10.2. The van der Waals surface area contributed by atoms with Crippen molar-refractivity contribution < 1.29 is 24.0 Å². The van der Waals surface area contributed by atoms with Crippen molar-refractivity contribution in [3.05, 3.63) is 57.5 Å². The fourth-order valence-corrected chi connectivity index (χ4v) is 1.62. The fourth-order valence-electron chi connectivity index (χ4n) is 1.62. The lowest BCUT2D eigenvalue weighted by Gasteiger charge is -2.08. The monoisotopic (exact) mass is 292 g/mol. The highest BCUT2D eigenvalue weighted by molar-refractivity contribution is 5.90. The van der Waals surface area contributed by atoms with E-state index in [0.717, 1.165) is 12.3 Å². The number of nitro groups is 1. The van der Waals surface area contributed by atoms with Crippen LogP contribution in [0.3, 0.4) is 0 Å². The molecule has 2 aromatic rings. The van der Waals surface area contributed by atoms with Gasteiger partial charge in [-0.25, -0.2) is 14.2 Å². The van der Waals surface area contributed by atoms with Gasteiger partial charge in [-0.05, 0) is 24.6 Å². The number of rotatable bonds is 4. The zero-order valence-corrected chi connectivity index (χ0v) is 10.7. The lowest BCUT2D eigenvalue weighted by Crippen LogP contribution is -2.04. The van der Waals surface area contributed by atoms with Crippen molar-refractivity contribution in [2.45, 2.75) is 6.92 Å². The van der Waals surface area contributed by atoms with Gasteiger partial charge >= 0.3 is 11.7 Å². The Bertz CT molecular complexity index is 671. The molecule has 1 N–H and O–H groups in total.